The number of carbonyl (C=O) groups excluding carboxylic acids is 7. The number of benzene rings is 1. The monoisotopic (exact) mass is 940 g/mol. The average Bonchev–Trinajstić information content (AvgIpc) is 3.32. The third-order valence-electron chi connectivity index (χ3n) is 10.9. The van der Waals surface area contributed by atoms with Gasteiger partial charge in [-0.25, -0.2) is 9.98 Å². The van der Waals surface area contributed by atoms with Crippen LogP contribution in [0.15, 0.2) is 126 Å². The highest BCUT2D eigenvalue weighted by atomic mass is 16.2. The van der Waals surface area contributed by atoms with Crippen LogP contribution in [0.3, 0.4) is 0 Å². The summed E-state index contributed by atoms with van der Waals surface area (Å²) in [6.07, 6.45) is 23.1. The molecule has 18 nitrogen and oxygen atoms in total. The van der Waals surface area contributed by atoms with Crippen molar-refractivity contribution in [3.63, 3.8) is 0 Å². The molecular formula is C51H62N11O7+. The Morgan fingerprint density at radius 1 is 0.739 bits per heavy atom. The molecule has 5 rings (SSSR count). The molecule has 0 bridgehead atoms. The molecule has 0 fully saturated rings. The number of nitrogens with one attached hydrogen (secondary N) is 5. The van der Waals surface area contributed by atoms with E-state index in [1.54, 1.807) is 68.2 Å². The van der Waals surface area contributed by atoms with Crippen molar-refractivity contribution in [2.75, 3.05) is 19.6 Å². The van der Waals surface area contributed by atoms with Crippen LogP contribution >= 0.6 is 0 Å². The number of hydrogen-bond acceptors (Lipinski definition) is 10. The van der Waals surface area contributed by atoms with Gasteiger partial charge in [-0.2, -0.15) is 0 Å². The molecule has 18 heteroatoms. The van der Waals surface area contributed by atoms with Gasteiger partial charge in [0.1, 0.15) is 36.4 Å². The molecular weight excluding hydrogens is 879 g/mol. The van der Waals surface area contributed by atoms with Crippen molar-refractivity contribution in [3.8, 4) is 0 Å². The van der Waals surface area contributed by atoms with Gasteiger partial charge in [0.25, 0.3) is 11.8 Å². The fourth-order valence-corrected chi connectivity index (χ4v) is 7.19. The van der Waals surface area contributed by atoms with Gasteiger partial charge >= 0.3 is 11.9 Å². The lowest BCUT2D eigenvalue weighted by Crippen LogP contribution is -2.56. The van der Waals surface area contributed by atoms with E-state index in [4.69, 9.17) is 5.73 Å². The Labute approximate surface area is 402 Å². The van der Waals surface area contributed by atoms with Crippen LogP contribution < -0.4 is 37.0 Å². The van der Waals surface area contributed by atoms with Crippen LogP contribution in [0.2, 0.25) is 0 Å². The molecule has 1 aromatic heterocycles. The zero-order valence-corrected chi connectivity index (χ0v) is 39.8. The minimum atomic E-state index is -1.06. The summed E-state index contributed by atoms with van der Waals surface area (Å²) in [6.45, 7) is 11.5. The van der Waals surface area contributed by atoms with Crippen molar-refractivity contribution >= 4 is 59.0 Å². The molecule has 3 aliphatic rings. The summed E-state index contributed by atoms with van der Waals surface area (Å²) < 4.78 is 4.41. The Morgan fingerprint density at radius 2 is 1.39 bits per heavy atom. The summed E-state index contributed by atoms with van der Waals surface area (Å²) in [5.74, 6) is -4.35. The molecule has 7 N–H and O–H groups in total. The quantitative estimate of drug-likeness (QED) is 0.0995. The molecule has 362 valence electrons. The number of nitrogens with zero attached hydrogens (tertiary/aromatic N) is 5. The fraction of sp³-hybridized carbons (Fsp3) is 0.353. The number of hydrogen-bond donors (Lipinski definition) is 6. The summed E-state index contributed by atoms with van der Waals surface area (Å²) in [4.78, 5) is 103. The smallest absolute Gasteiger partial charge is 0.352 e. The Hall–Kier alpha value is -7.98. The van der Waals surface area contributed by atoms with E-state index >= 15 is 0 Å². The first-order valence-corrected chi connectivity index (χ1v) is 23.0. The highest BCUT2D eigenvalue weighted by Gasteiger charge is 2.31. The molecule has 4 atom stereocenters. The van der Waals surface area contributed by atoms with Gasteiger partial charge in [0.15, 0.2) is 5.69 Å². The molecule has 1 aromatic carbocycles. The molecule has 0 radical (unpaired) electrons. The highest BCUT2D eigenvalue weighted by molar-refractivity contribution is 6.40. The van der Waals surface area contributed by atoms with Crippen molar-refractivity contribution in [2.24, 2.45) is 22.6 Å². The zero-order chi connectivity index (χ0) is 50.0. The number of amides is 7. The number of aliphatic imine (C=N–C) groups is 1. The van der Waals surface area contributed by atoms with Gasteiger partial charge < -0.3 is 42.1 Å². The van der Waals surface area contributed by atoms with Crippen molar-refractivity contribution < 1.29 is 33.6 Å². The Kier molecular flexibility index (Phi) is 19.0. The van der Waals surface area contributed by atoms with Gasteiger partial charge in [-0.05, 0) is 90.8 Å². The van der Waals surface area contributed by atoms with Crippen LogP contribution in [0.5, 0.6) is 0 Å². The third kappa shape index (κ3) is 16.1. The standard InChI is InChI=1S/C51H61N11O7/c1-7-21-61-22-17-36(18-23-61)37-19-24-62(25-20-37)31-45(64)56-34(6)47(65)58-42(26-32(2)3)50(68)57-39-14-16-41(54-29-39)40-15-13-38(28-53-40)48(66)60-46(33(4)5)51(69)59-43(49(67)55-30-44(52)63)27-35-11-9-8-10-12-35/h8-20,22-25,28-29,32-34,42-43,46H,7,21,26-27,30-31H2,1-6H3,(H6-,52,55,56,58,59,60,63,64,65,66,67,69)/p+1/t34-,42-,43-,46-/m0/s1. The minimum Gasteiger partial charge on any atom is -0.368 e. The van der Waals surface area contributed by atoms with Gasteiger partial charge in [0, 0.05) is 50.0 Å². The summed E-state index contributed by atoms with van der Waals surface area (Å²) in [5, 5.41) is 13.4. The zero-order valence-electron chi connectivity index (χ0n) is 39.8. The lowest BCUT2D eigenvalue weighted by Gasteiger charge is -2.25. The molecule has 0 saturated carbocycles. The third-order valence-corrected chi connectivity index (χ3v) is 10.9. The Morgan fingerprint density at radius 3 is 1.96 bits per heavy atom. The fourth-order valence-electron chi connectivity index (χ4n) is 7.19. The van der Waals surface area contributed by atoms with E-state index in [1.165, 1.54) is 18.5 Å². The van der Waals surface area contributed by atoms with E-state index in [9.17, 15) is 33.6 Å². The summed E-state index contributed by atoms with van der Waals surface area (Å²) in [5.41, 5.74) is 9.28. The van der Waals surface area contributed by atoms with Gasteiger partial charge in [-0.15, -0.1) is 0 Å². The lowest BCUT2D eigenvalue weighted by molar-refractivity contribution is -0.131. The van der Waals surface area contributed by atoms with Crippen molar-refractivity contribution in [3.05, 3.63) is 138 Å². The predicted octanol–water partition coefficient (Wildman–Crippen LogP) is 2.06. The number of primary amides is 1. The molecule has 69 heavy (non-hydrogen) atoms. The normalized spacial score (nSPS) is 16.2. The maximum atomic E-state index is 13.5. The predicted molar refractivity (Wildman–Crippen MR) is 265 cm³/mol. The number of allylic oxidation sites excluding steroid dienone is 8. The molecule has 4 heterocycles. The molecule has 0 spiro atoms. The van der Waals surface area contributed by atoms with Crippen LogP contribution in [0, 0.1) is 11.8 Å². The minimum absolute atomic E-state index is 0.00704. The van der Waals surface area contributed by atoms with Crippen LogP contribution in [0.1, 0.15) is 76.0 Å². The van der Waals surface area contributed by atoms with Crippen molar-refractivity contribution in [1.29, 1.82) is 0 Å². The van der Waals surface area contributed by atoms with Crippen molar-refractivity contribution in [2.45, 2.75) is 85.0 Å². The Bertz CT molecular complexity index is 2500. The van der Waals surface area contributed by atoms with Crippen LogP contribution in [-0.2, 0) is 35.2 Å². The number of nitrogens with two attached hydrogens (primary N) is 1. The maximum absolute atomic E-state index is 13.5. The summed E-state index contributed by atoms with van der Waals surface area (Å²) in [7, 11) is 0. The van der Waals surface area contributed by atoms with E-state index < -0.39 is 66.2 Å². The second kappa shape index (κ2) is 25.2. The largest absolute Gasteiger partial charge is 0.368 e. The molecule has 0 unspecified atom stereocenters. The number of rotatable bonds is 21. The van der Waals surface area contributed by atoms with E-state index in [1.807, 2.05) is 56.9 Å². The first kappa shape index (κ1) is 52.0. The van der Waals surface area contributed by atoms with Crippen LogP contribution in [-0.4, -0.2) is 118 Å². The Balaban J connectivity index is 1.15. The molecule has 3 aliphatic heterocycles. The first-order chi connectivity index (χ1) is 33.0. The van der Waals surface area contributed by atoms with Gasteiger partial charge in [-0.3, -0.25) is 33.6 Å². The number of carbonyl (C=O) groups is 7. The topological polar surface area (TPSA) is 251 Å². The highest BCUT2D eigenvalue weighted by Crippen LogP contribution is 2.20. The van der Waals surface area contributed by atoms with E-state index in [0.717, 1.165) is 29.7 Å². The maximum Gasteiger partial charge on any atom is 0.352 e. The van der Waals surface area contributed by atoms with Gasteiger partial charge in [0.2, 0.25) is 29.5 Å². The summed E-state index contributed by atoms with van der Waals surface area (Å²) >= 11 is 0. The van der Waals surface area contributed by atoms with Crippen LogP contribution in [0.4, 0.5) is 0 Å². The van der Waals surface area contributed by atoms with Crippen molar-refractivity contribution in [1.82, 2.24) is 46.0 Å². The molecule has 2 aromatic rings. The van der Waals surface area contributed by atoms with E-state index in [2.05, 4.69) is 65.2 Å². The SMILES string of the molecule is CCCN1C=CC(=C2C=CN(CC(=O)N[C@@H](C)C(=O)N[C@@H](CC(C)C)C(=O)N=C3C=CC(c4ccc(C(=O)N[C@H](C(=O)N[C@@H](Cc5ccccc5)C(=O)NCC(N)=O)C(C)C)cn4)=[N+]=C3)C=C2)C=C1. The number of pyridine rings is 1. The van der Waals surface area contributed by atoms with Gasteiger partial charge in [0.05, 0.1) is 12.1 Å². The van der Waals surface area contributed by atoms with Gasteiger partial charge in [-0.1, -0.05) is 69.6 Å². The number of aromatic nitrogens is 1. The first-order valence-electron chi connectivity index (χ1n) is 23.0. The lowest BCUT2D eigenvalue weighted by atomic mass is 10.0. The van der Waals surface area contributed by atoms with Crippen LogP contribution in [0.25, 0.3) is 0 Å². The van der Waals surface area contributed by atoms with E-state index in [-0.39, 0.29) is 42.0 Å². The van der Waals surface area contributed by atoms with E-state index in [0.29, 0.717) is 17.8 Å². The summed E-state index contributed by atoms with van der Waals surface area (Å²) in [6, 6.07) is 8.15. The second-order valence-corrected chi connectivity index (χ2v) is 17.5. The average molecular weight is 941 g/mol. The molecule has 0 saturated heterocycles. The molecule has 0 aliphatic carbocycles. The second-order valence-electron chi connectivity index (χ2n) is 17.5. The molecule has 7 amide bonds.